The monoisotopic (exact) mass is 648 g/mol. The number of benzene rings is 3. The number of hydrogen-bond acceptors (Lipinski definition) is 8. The van der Waals surface area contributed by atoms with Crippen LogP contribution in [0.2, 0.25) is 0 Å². The molecule has 2 aliphatic rings. The van der Waals surface area contributed by atoms with Crippen molar-refractivity contribution in [1.82, 2.24) is 20.2 Å². The Morgan fingerprint density at radius 3 is 2.04 bits per heavy atom. The highest BCUT2D eigenvalue weighted by Crippen LogP contribution is 2.36. The lowest BCUT2D eigenvalue weighted by molar-refractivity contribution is -0.196. The minimum atomic E-state index is -4.95. The number of hydrogen-bond donors (Lipinski definition) is 2. The van der Waals surface area contributed by atoms with E-state index in [0.717, 1.165) is 5.56 Å². The highest BCUT2D eigenvalue weighted by atomic mass is 32.2. The summed E-state index contributed by atoms with van der Waals surface area (Å²) < 4.78 is 29.1. The van der Waals surface area contributed by atoms with Gasteiger partial charge in [0.2, 0.25) is 9.84 Å². The molecule has 2 N–H and O–H groups in total. The average molecular weight is 649 g/mol. The third-order valence-corrected chi connectivity index (χ3v) is 10.6. The van der Waals surface area contributed by atoms with E-state index < -0.39 is 45.1 Å². The number of nitrogens with zero attached hydrogens (tertiary/aromatic N) is 3. The van der Waals surface area contributed by atoms with Crippen LogP contribution in [0.15, 0.2) is 89.8 Å². The number of aryl methyl sites for hydroxylation is 1. The number of hydroxylamine groups is 2. The molecule has 2 aliphatic heterocycles. The summed E-state index contributed by atoms with van der Waals surface area (Å²) in [6.45, 7) is 2.53. The van der Waals surface area contributed by atoms with Gasteiger partial charge in [-0.3, -0.25) is 9.59 Å². The molecule has 2 saturated heterocycles. The Hall–Kier alpha value is -4.75. The van der Waals surface area contributed by atoms with Crippen LogP contribution in [0.3, 0.4) is 0 Å². The molecule has 5 rings (SSSR count). The maximum absolute atomic E-state index is 14.5. The lowest BCUT2D eigenvalue weighted by atomic mass is 10.0. The molecule has 0 aromatic heterocycles. The van der Waals surface area contributed by atoms with Crippen molar-refractivity contribution in [3.8, 4) is 0 Å². The van der Waals surface area contributed by atoms with E-state index in [1.165, 1.54) is 29.2 Å². The molecule has 2 fully saturated rings. The van der Waals surface area contributed by atoms with Crippen LogP contribution in [0.1, 0.15) is 34.3 Å². The van der Waals surface area contributed by atoms with E-state index in [2.05, 4.69) is 5.32 Å². The number of rotatable bonds is 8. The molecule has 2 heterocycles. The third kappa shape index (κ3) is 6.46. The molecular weight excluding hydrogens is 612 g/mol. The molecule has 3 aromatic carbocycles. The summed E-state index contributed by atoms with van der Waals surface area (Å²) in [5, 5.41) is 14.1. The highest BCUT2D eigenvalue weighted by molar-refractivity contribution is 7.93. The maximum atomic E-state index is 14.5. The minimum Gasteiger partial charge on any atom is -0.479 e. The second-order valence-corrected chi connectivity index (χ2v) is 13.5. The molecule has 12 nitrogen and oxygen atoms in total. The van der Waals surface area contributed by atoms with Gasteiger partial charge in [0.15, 0.2) is 0 Å². The largest absolute Gasteiger partial charge is 0.479 e. The number of nitrogens with one attached hydrogen (secondary N) is 1. The first-order chi connectivity index (χ1) is 22.0. The van der Waals surface area contributed by atoms with Crippen molar-refractivity contribution >= 4 is 33.7 Å². The number of carboxylic acids is 1. The first-order valence-corrected chi connectivity index (χ1v) is 16.5. The van der Waals surface area contributed by atoms with Crippen molar-refractivity contribution in [2.24, 2.45) is 0 Å². The fourth-order valence-electron chi connectivity index (χ4n) is 5.66. The summed E-state index contributed by atoms with van der Waals surface area (Å²) in [4.78, 5) is 59.2. The van der Waals surface area contributed by atoms with E-state index in [4.69, 9.17) is 4.84 Å². The fourth-order valence-corrected chi connectivity index (χ4v) is 7.48. The first-order valence-electron chi connectivity index (χ1n) is 15.0. The van der Waals surface area contributed by atoms with Gasteiger partial charge < -0.3 is 25.1 Å². The molecule has 0 spiro atoms. The van der Waals surface area contributed by atoms with Gasteiger partial charge in [0.05, 0.1) is 10.9 Å². The lowest BCUT2D eigenvalue weighted by Crippen LogP contribution is -2.66. The van der Waals surface area contributed by atoms with Gasteiger partial charge in [-0.1, -0.05) is 66.2 Å². The van der Waals surface area contributed by atoms with E-state index in [0.29, 0.717) is 30.5 Å². The predicted molar refractivity (Wildman–Crippen MR) is 167 cm³/mol. The Bertz CT molecular complexity index is 1670. The quantitative estimate of drug-likeness (QED) is 0.351. The van der Waals surface area contributed by atoms with E-state index in [1.807, 2.05) is 0 Å². The van der Waals surface area contributed by atoms with Gasteiger partial charge in [0, 0.05) is 38.2 Å². The van der Waals surface area contributed by atoms with Gasteiger partial charge in [-0.15, -0.1) is 5.06 Å². The topological polar surface area (TPSA) is 154 Å². The maximum Gasteiger partial charge on any atom is 0.434 e. The SMILES string of the molecule is Cc1ccc(S(=O)(=O)[C@](Cc2ccccc2)(C(=O)O)N(OC(=O)N2CCN(C(=O)c3ccccc3)CC2)C(=O)[C@@H]2CCCN2)cc1. The summed E-state index contributed by atoms with van der Waals surface area (Å²) in [6.07, 6.45) is -0.932. The molecule has 3 aromatic rings. The average Bonchev–Trinajstić information content (AvgIpc) is 3.62. The molecule has 0 radical (unpaired) electrons. The molecule has 0 bridgehead atoms. The number of amides is 3. The van der Waals surface area contributed by atoms with Crippen molar-refractivity contribution < 1.29 is 37.5 Å². The third-order valence-electron chi connectivity index (χ3n) is 8.30. The number of sulfone groups is 1. The standard InChI is InChI=1S/C33H36N4O8S/c1-24-14-16-27(17-15-24)46(43,44)33(31(40)41,23-25-9-4-2-5-10-25)37(30(39)28-13-8-18-34-28)45-32(42)36-21-19-35(20-22-36)29(38)26-11-6-3-7-12-26/h2-7,9-12,14-17,28,34H,8,13,18-23H2,1H3,(H,40,41)/t28-,33+/m0/s1. The van der Waals surface area contributed by atoms with Crippen molar-refractivity contribution in [2.45, 2.75) is 42.0 Å². The van der Waals surface area contributed by atoms with E-state index >= 15 is 0 Å². The molecule has 242 valence electrons. The van der Waals surface area contributed by atoms with E-state index in [-0.39, 0.29) is 42.0 Å². The number of aliphatic carboxylic acids is 1. The van der Waals surface area contributed by atoms with Crippen LogP contribution in [0, 0.1) is 6.92 Å². The van der Waals surface area contributed by atoms with E-state index in [1.54, 1.807) is 72.5 Å². The normalized spacial score (nSPS) is 18.0. The van der Waals surface area contributed by atoms with Crippen LogP contribution in [0.4, 0.5) is 4.79 Å². The van der Waals surface area contributed by atoms with Gasteiger partial charge in [-0.25, -0.2) is 18.0 Å². The van der Waals surface area contributed by atoms with Gasteiger partial charge in [-0.2, -0.15) is 0 Å². The zero-order chi connectivity index (χ0) is 32.9. The second kappa shape index (κ2) is 13.7. The Morgan fingerprint density at radius 2 is 1.48 bits per heavy atom. The Kier molecular flexibility index (Phi) is 9.73. The zero-order valence-electron chi connectivity index (χ0n) is 25.4. The van der Waals surface area contributed by atoms with Gasteiger partial charge >= 0.3 is 12.1 Å². The molecule has 0 unspecified atom stereocenters. The number of carboxylic acid groups (broad SMARTS) is 1. The summed E-state index contributed by atoms with van der Waals surface area (Å²) >= 11 is 0. The van der Waals surface area contributed by atoms with Gasteiger partial charge in [0.1, 0.15) is 0 Å². The van der Waals surface area contributed by atoms with Crippen LogP contribution < -0.4 is 5.32 Å². The number of carbonyl (C=O) groups is 4. The molecule has 0 aliphatic carbocycles. The molecule has 3 amide bonds. The van der Waals surface area contributed by atoms with Gasteiger partial charge in [-0.05, 0) is 56.1 Å². The minimum absolute atomic E-state index is 0.0184. The Morgan fingerprint density at radius 1 is 0.891 bits per heavy atom. The van der Waals surface area contributed by atoms with Crippen LogP contribution in [0.25, 0.3) is 0 Å². The predicted octanol–water partition coefficient (Wildman–Crippen LogP) is 2.88. The lowest BCUT2D eigenvalue weighted by Gasteiger charge is -2.40. The van der Waals surface area contributed by atoms with E-state index in [9.17, 15) is 32.7 Å². The smallest absolute Gasteiger partial charge is 0.434 e. The Balaban J connectivity index is 1.52. The van der Waals surface area contributed by atoms with Crippen LogP contribution in [-0.4, -0.2) is 95.9 Å². The zero-order valence-corrected chi connectivity index (χ0v) is 26.2. The van der Waals surface area contributed by atoms with Gasteiger partial charge in [0.25, 0.3) is 16.7 Å². The van der Waals surface area contributed by atoms with Crippen molar-refractivity contribution in [2.75, 3.05) is 32.7 Å². The highest BCUT2D eigenvalue weighted by Gasteiger charge is 2.62. The molecule has 0 saturated carbocycles. The number of carbonyl (C=O) groups excluding carboxylic acids is 3. The summed E-state index contributed by atoms with van der Waals surface area (Å²) in [5.74, 6) is -3.08. The van der Waals surface area contributed by atoms with Crippen molar-refractivity contribution in [3.05, 3.63) is 102 Å². The molecule has 46 heavy (non-hydrogen) atoms. The molecule has 2 atom stereocenters. The first kappa shape index (κ1) is 32.6. The van der Waals surface area contributed by atoms with Crippen LogP contribution >= 0.6 is 0 Å². The summed E-state index contributed by atoms with van der Waals surface area (Å²) in [7, 11) is -4.95. The van der Waals surface area contributed by atoms with Crippen LogP contribution in [0.5, 0.6) is 0 Å². The molecular formula is C33H36N4O8S. The van der Waals surface area contributed by atoms with Crippen molar-refractivity contribution in [3.63, 3.8) is 0 Å². The number of piperazine rings is 1. The summed E-state index contributed by atoms with van der Waals surface area (Å²) in [6, 6.07) is 21.3. The van der Waals surface area contributed by atoms with Crippen molar-refractivity contribution in [1.29, 1.82) is 0 Å². The van der Waals surface area contributed by atoms with Crippen LogP contribution in [-0.2, 0) is 30.7 Å². The summed E-state index contributed by atoms with van der Waals surface area (Å²) in [5.41, 5.74) is 1.53. The Labute approximate surface area is 267 Å². The second-order valence-electron chi connectivity index (χ2n) is 11.4. The fraction of sp³-hybridized carbons (Fsp3) is 0.333. The molecule has 13 heteroatoms.